The highest BCUT2D eigenvalue weighted by molar-refractivity contribution is 9.10. The zero-order valence-corrected chi connectivity index (χ0v) is 11.4. The van der Waals surface area contributed by atoms with E-state index in [0.717, 1.165) is 15.4 Å². The van der Waals surface area contributed by atoms with Gasteiger partial charge in [0.2, 0.25) is 0 Å². The van der Waals surface area contributed by atoms with Crippen molar-refractivity contribution in [2.75, 3.05) is 0 Å². The van der Waals surface area contributed by atoms with Crippen LogP contribution in [0.5, 0.6) is 0 Å². The molecular formula is C15H9BrFNO. The van der Waals surface area contributed by atoms with Crippen LogP contribution in [-0.4, -0.2) is 4.98 Å². The zero-order chi connectivity index (χ0) is 13.4. The molecule has 1 heterocycles. The molecule has 0 fully saturated rings. The van der Waals surface area contributed by atoms with Gasteiger partial charge in [-0.05, 0) is 47.3 Å². The van der Waals surface area contributed by atoms with Crippen molar-refractivity contribution in [3.05, 3.63) is 69.2 Å². The van der Waals surface area contributed by atoms with E-state index in [1.54, 1.807) is 18.2 Å². The summed E-state index contributed by atoms with van der Waals surface area (Å²) in [4.78, 5) is 14.8. The van der Waals surface area contributed by atoms with E-state index >= 15 is 0 Å². The van der Waals surface area contributed by atoms with Crippen molar-refractivity contribution in [3.63, 3.8) is 0 Å². The lowest BCUT2D eigenvalue weighted by molar-refractivity contribution is 0.628. The maximum atomic E-state index is 13.2. The van der Waals surface area contributed by atoms with E-state index in [2.05, 4.69) is 20.9 Å². The quantitative estimate of drug-likeness (QED) is 0.720. The molecule has 0 amide bonds. The van der Waals surface area contributed by atoms with Crippen LogP contribution in [0.2, 0.25) is 0 Å². The first-order valence-corrected chi connectivity index (χ1v) is 6.51. The van der Waals surface area contributed by atoms with E-state index < -0.39 is 0 Å². The fourth-order valence-corrected chi connectivity index (χ4v) is 2.43. The number of fused-ring (bicyclic) bond motifs is 1. The number of benzene rings is 2. The molecule has 0 unspecified atom stereocenters. The molecule has 0 atom stereocenters. The zero-order valence-electron chi connectivity index (χ0n) is 9.78. The Kier molecular flexibility index (Phi) is 2.95. The second kappa shape index (κ2) is 4.63. The molecule has 0 saturated heterocycles. The maximum absolute atomic E-state index is 13.2. The van der Waals surface area contributed by atoms with E-state index in [9.17, 15) is 9.18 Å². The highest BCUT2D eigenvalue weighted by Crippen LogP contribution is 2.22. The SMILES string of the molecule is O=c1[nH]c2ccc(Br)cc2cc1-c1cccc(F)c1. The third kappa shape index (κ3) is 2.31. The fraction of sp³-hybridized carbons (Fsp3) is 0. The summed E-state index contributed by atoms with van der Waals surface area (Å²) in [6, 6.07) is 13.4. The van der Waals surface area contributed by atoms with E-state index in [4.69, 9.17) is 0 Å². The van der Waals surface area contributed by atoms with Crippen molar-refractivity contribution in [2.24, 2.45) is 0 Å². The summed E-state index contributed by atoms with van der Waals surface area (Å²) in [5.74, 6) is -0.355. The fourth-order valence-electron chi connectivity index (χ4n) is 2.05. The highest BCUT2D eigenvalue weighted by atomic mass is 79.9. The minimum Gasteiger partial charge on any atom is -0.321 e. The minimum atomic E-state index is -0.355. The van der Waals surface area contributed by atoms with Gasteiger partial charge in [-0.2, -0.15) is 0 Å². The van der Waals surface area contributed by atoms with Gasteiger partial charge in [0.25, 0.3) is 5.56 Å². The summed E-state index contributed by atoms with van der Waals surface area (Å²) < 4.78 is 14.2. The van der Waals surface area contributed by atoms with Gasteiger partial charge in [0.05, 0.1) is 0 Å². The topological polar surface area (TPSA) is 32.9 Å². The van der Waals surface area contributed by atoms with Crippen molar-refractivity contribution in [1.29, 1.82) is 0 Å². The second-order valence-corrected chi connectivity index (χ2v) is 5.17. The number of rotatable bonds is 1. The monoisotopic (exact) mass is 317 g/mol. The molecule has 3 rings (SSSR count). The first-order valence-electron chi connectivity index (χ1n) is 5.72. The Morgan fingerprint density at radius 1 is 1.05 bits per heavy atom. The van der Waals surface area contributed by atoms with Crippen LogP contribution >= 0.6 is 15.9 Å². The number of aromatic amines is 1. The van der Waals surface area contributed by atoms with Gasteiger partial charge in [-0.1, -0.05) is 28.1 Å². The third-order valence-electron chi connectivity index (χ3n) is 2.94. The molecule has 0 spiro atoms. The minimum absolute atomic E-state index is 0.222. The molecule has 0 aliphatic carbocycles. The molecular weight excluding hydrogens is 309 g/mol. The largest absolute Gasteiger partial charge is 0.321 e. The molecule has 94 valence electrons. The number of hydrogen-bond donors (Lipinski definition) is 1. The number of nitrogens with one attached hydrogen (secondary N) is 1. The molecule has 0 radical (unpaired) electrons. The molecule has 2 aromatic carbocycles. The van der Waals surface area contributed by atoms with Gasteiger partial charge >= 0.3 is 0 Å². The van der Waals surface area contributed by atoms with E-state index in [-0.39, 0.29) is 11.4 Å². The Balaban J connectivity index is 2.29. The number of hydrogen-bond acceptors (Lipinski definition) is 1. The van der Waals surface area contributed by atoms with Crippen LogP contribution < -0.4 is 5.56 Å². The van der Waals surface area contributed by atoms with Crippen LogP contribution in [0.4, 0.5) is 4.39 Å². The van der Waals surface area contributed by atoms with Gasteiger partial charge in [-0.3, -0.25) is 4.79 Å². The standard InChI is InChI=1S/C15H9BrFNO/c16-11-4-5-14-10(6-11)8-13(15(19)18-14)9-2-1-3-12(17)7-9/h1-8H,(H,18,19). The molecule has 0 bridgehead atoms. The maximum Gasteiger partial charge on any atom is 0.256 e. The van der Waals surface area contributed by atoms with Gasteiger partial charge in [-0.15, -0.1) is 0 Å². The van der Waals surface area contributed by atoms with Crippen LogP contribution in [0.25, 0.3) is 22.0 Å². The third-order valence-corrected chi connectivity index (χ3v) is 3.44. The number of pyridine rings is 1. The molecule has 1 aromatic heterocycles. The Hall–Kier alpha value is -1.94. The normalized spacial score (nSPS) is 10.8. The Bertz CT molecular complexity index is 826. The van der Waals surface area contributed by atoms with Crippen molar-refractivity contribution in [3.8, 4) is 11.1 Å². The Morgan fingerprint density at radius 3 is 2.68 bits per heavy atom. The molecule has 0 aliphatic heterocycles. The average Bonchev–Trinajstić information content (AvgIpc) is 2.38. The van der Waals surface area contributed by atoms with Gasteiger partial charge in [0, 0.05) is 15.6 Å². The van der Waals surface area contributed by atoms with Gasteiger partial charge in [0.15, 0.2) is 0 Å². The average molecular weight is 318 g/mol. The predicted octanol–water partition coefficient (Wildman–Crippen LogP) is 4.10. The van der Waals surface area contributed by atoms with E-state index in [1.165, 1.54) is 12.1 Å². The smallest absolute Gasteiger partial charge is 0.256 e. The van der Waals surface area contributed by atoms with Gasteiger partial charge < -0.3 is 4.98 Å². The summed E-state index contributed by atoms with van der Waals surface area (Å²) in [6.07, 6.45) is 0. The van der Waals surface area contributed by atoms with Crippen LogP contribution in [0, 0.1) is 5.82 Å². The van der Waals surface area contributed by atoms with Gasteiger partial charge in [0.1, 0.15) is 5.82 Å². The summed E-state index contributed by atoms with van der Waals surface area (Å²) in [5, 5.41) is 0.897. The van der Waals surface area contributed by atoms with Gasteiger partial charge in [-0.25, -0.2) is 4.39 Å². The van der Waals surface area contributed by atoms with Crippen LogP contribution in [0.15, 0.2) is 57.8 Å². The molecule has 1 N–H and O–H groups in total. The second-order valence-electron chi connectivity index (χ2n) is 4.25. The van der Waals surface area contributed by atoms with Crippen molar-refractivity contribution < 1.29 is 4.39 Å². The first-order chi connectivity index (χ1) is 9.13. The summed E-state index contributed by atoms with van der Waals surface area (Å²) >= 11 is 3.39. The molecule has 19 heavy (non-hydrogen) atoms. The Labute approximate surface area is 117 Å². The highest BCUT2D eigenvalue weighted by Gasteiger charge is 2.06. The van der Waals surface area contributed by atoms with Crippen LogP contribution in [0.1, 0.15) is 0 Å². The first kappa shape index (κ1) is 12.1. The molecule has 2 nitrogen and oxygen atoms in total. The van der Waals surface area contributed by atoms with Crippen LogP contribution in [-0.2, 0) is 0 Å². The van der Waals surface area contributed by atoms with E-state index in [0.29, 0.717) is 11.1 Å². The molecule has 3 aromatic rings. The van der Waals surface area contributed by atoms with E-state index in [1.807, 2.05) is 18.2 Å². The van der Waals surface area contributed by atoms with Crippen molar-refractivity contribution in [2.45, 2.75) is 0 Å². The number of H-pyrrole nitrogens is 1. The van der Waals surface area contributed by atoms with Crippen molar-refractivity contribution >= 4 is 26.8 Å². The summed E-state index contributed by atoms with van der Waals surface area (Å²) in [6.45, 7) is 0. The lowest BCUT2D eigenvalue weighted by atomic mass is 10.1. The van der Waals surface area contributed by atoms with Crippen molar-refractivity contribution in [1.82, 2.24) is 4.98 Å². The summed E-state index contributed by atoms with van der Waals surface area (Å²) in [5.41, 5.74) is 1.57. The Morgan fingerprint density at radius 2 is 1.89 bits per heavy atom. The summed E-state index contributed by atoms with van der Waals surface area (Å²) in [7, 11) is 0. The number of aromatic nitrogens is 1. The lowest BCUT2D eigenvalue weighted by Gasteiger charge is -2.04. The number of halogens is 2. The molecule has 4 heteroatoms. The molecule has 0 saturated carbocycles. The molecule has 0 aliphatic rings. The lowest BCUT2D eigenvalue weighted by Crippen LogP contribution is -2.08. The predicted molar refractivity (Wildman–Crippen MR) is 77.7 cm³/mol. The van der Waals surface area contributed by atoms with Crippen LogP contribution in [0.3, 0.4) is 0 Å².